The molecule has 0 aliphatic heterocycles. The van der Waals surface area contributed by atoms with Gasteiger partial charge in [-0.25, -0.2) is 0 Å². The van der Waals surface area contributed by atoms with Crippen molar-refractivity contribution in [2.45, 2.75) is 13.8 Å². The molecule has 2 aromatic rings. The highest BCUT2D eigenvalue weighted by atomic mass is 16.3. The summed E-state index contributed by atoms with van der Waals surface area (Å²) in [6.45, 7) is 4.38. The van der Waals surface area contributed by atoms with Crippen LogP contribution in [0.3, 0.4) is 0 Å². The Hall–Kier alpha value is -3.02. The highest BCUT2D eigenvalue weighted by Crippen LogP contribution is 2.24. The number of rotatable bonds is 5. The van der Waals surface area contributed by atoms with Crippen LogP contribution in [0.1, 0.15) is 25.0 Å². The first-order valence-electron chi connectivity index (χ1n) is 7.45. The SMILES string of the molecule is CC(=NCCN=C(C)c1ccc(O)cc1O)c1ccc(O)cc1O. The van der Waals surface area contributed by atoms with Crippen molar-refractivity contribution >= 4 is 11.4 Å². The molecule has 0 bridgehead atoms. The molecule has 126 valence electrons. The van der Waals surface area contributed by atoms with Crippen molar-refractivity contribution in [3.05, 3.63) is 47.5 Å². The molecule has 0 aromatic heterocycles. The zero-order chi connectivity index (χ0) is 17.7. The number of aromatic hydroxyl groups is 4. The molecule has 2 rings (SSSR count). The lowest BCUT2D eigenvalue weighted by Gasteiger charge is -2.06. The maximum absolute atomic E-state index is 9.79. The lowest BCUT2D eigenvalue weighted by atomic mass is 10.1. The van der Waals surface area contributed by atoms with E-state index >= 15 is 0 Å². The van der Waals surface area contributed by atoms with Crippen molar-refractivity contribution in [3.8, 4) is 23.0 Å². The fourth-order valence-corrected chi connectivity index (χ4v) is 2.26. The van der Waals surface area contributed by atoms with Gasteiger partial charge in [0.1, 0.15) is 23.0 Å². The van der Waals surface area contributed by atoms with Gasteiger partial charge >= 0.3 is 0 Å². The minimum Gasteiger partial charge on any atom is -0.508 e. The standard InChI is InChI=1S/C18H20N2O4/c1-11(15-5-3-13(21)9-17(15)23)19-7-8-20-12(2)16-6-4-14(22)10-18(16)24/h3-6,9-10,21-24H,7-8H2,1-2H3. The van der Waals surface area contributed by atoms with Crippen LogP contribution in [0.15, 0.2) is 46.4 Å². The third kappa shape index (κ3) is 4.25. The molecule has 0 unspecified atom stereocenters. The zero-order valence-electron chi connectivity index (χ0n) is 13.6. The van der Waals surface area contributed by atoms with Gasteiger partial charge in [0.2, 0.25) is 0 Å². The quantitative estimate of drug-likeness (QED) is 0.500. The van der Waals surface area contributed by atoms with E-state index < -0.39 is 0 Å². The van der Waals surface area contributed by atoms with Gasteiger partial charge in [-0.1, -0.05) is 0 Å². The average molecular weight is 328 g/mol. The van der Waals surface area contributed by atoms with Crippen LogP contribution in [0.25, 0.3) is 0 Å². The smallest absolute Gasteiger partial charge is 0.128 e. The molecule has 0 radical (unpaired) electrons. The third-order valence-corrected chi connectivity index (χ3v) is 3.54. The van der Waals surface area contributed by atoms with Crippen LogP contribution in [0.5, 0.6) is 23.0 Å². The topological polar surface area (TPSA) is 106 Å². The van der Waals surface area contributed by atoms with Gasteiger partial charge in [0.05, 0.1) is 13.1 Å². The number of phenols is 4. The van der Waals surface area contributed by atoms with Crippen molar-refractivity contribution in [1.29, 1.82) is 0 Å². The van der Waals surface area contributed by atoms with Gasteiger partial charge in [0.25, 0.3) is 0 Å². The first kappa shape index (κ1) is 17.3. The lowest BCUT2D eigenvalue weighted by molar-refractivity contribution is 0.448. The summed E-state index contributed by atoms with van der Waals surface area (Å²) in [5.41, 5.74) is 2.41. The molecule has 0 atom stereocenters. The normalized spacial score (nSPS) is 12.4. The minimum absolute atomic E-state index is 0.00187. The fraction of sp³-hybridized carbons (Fsp3) is 0.222. The van der Waals surface area contributed by atoms with E-state index in [0.717, 1.165) is 0 Å². The molecule has 0 saturated carbocycles. The molecule has 0 saturated heterocycles. The molecule has 0 aliphatic carbocycles. The lowest BCUT2D eigenvalue weighted by Crippen LogP contribution is -2.01. The summed E-state index contributed by atoms with van der Waals surface area (Å²) in [5, 5.41) is 38.2. The average Bonchev–Trinajstić information content (AvgIpc) is 2.51. The Morgan fingerprint density at radius 2 is 1.08 bits per heavy atom. The Labute approximate surface area is 140 Å². The van der Waals surface area contributed by atoms with Crippen LogP contribution in [-0.4, -0.2) is 44.9 Å². The largest absolute Gasteiger partial charge is 0.508 e. The number of nitrogens with zero attached hydrogens (tertiary/aromatic N) is 2. The predicted molar refractivity (Wildman–Crippen MR) is 93.7 cm³/mol. The van der Waals surface area contributed by atoms with Crippen LogP contribution in [0, 0.1) is 0 Å². The Kier molecular flexibility index (Phi) is 5.42. The maximum Gasteiger partial charge on any atom is 0.128 e. The Morgan fingerprint density at radius 3 is 1.42 bits per heavy atom. The Bertz CT molecular complexity index is 730. The monoisotopic (exact) mass is 328 g/mol. The number of phenolic OH excluding ortho intramolecular Hbond substituents is 4. The van der Waals surface area contributed by atoms with Crippen molar-refractivity contribution in [3.63, 3.8) is 0 Å². The molecule has 0 fully saturated rings. The first-order valence-corrected chi connectivity index (χ1v) is 7.45. The van der Waals surface area contributed by atoms with Gasteiger partial charge in [-0.3, -0.25) is 9.98 Å². The zero-order valence-corrected chi connectivity index (χ0v) is 13.6. The number of benzene rings is 2. The van der Waals surface area contributed by atoms with Crippen LogP contribution >= 0.6 is 0 Å². The van der Waals surface area contributed by atoms with Crippen LogP contribution in [0.2, 0.25) is 0 Å². The molecule has 4 N–H and O–H groups in total. The molecular weight excluding hydrogens is 308 g/mol. The second-order valence-electron chi connectivity index (χ2n) is 5.34. The summed E-state index contributed by atoms with van der Waals surface area (Å²) in [6.07, 6.45) is 0. The Balaban J connectivity index is 2.02. The summed E-state index contributed by atoms with van der Waals surface area (Å²) in [7, 11) is 0. The molecule has 0 heterocycles. The van der Waals surface area contributed by atoms with E-state index in [1.54, 1.807) is 26.0 Å². The van der Waals surface area contributed by atoms with Gasteiger partial charge < -0.3 is 20.4 Å². The third-order valence-electron chi connectivity index (χ3n) is 3.54. The van der Waals surface area contributed by atoms with Gasteiger partial charge in [-0.15, -0.1) is 0 Å². The summed E-state index contributed by atoms with van der Waals surface area (Å²) >= 11 is 0. The molecule has 6 nitrogen and oxygen atoms in total. The maximum atomic E-state index is 9.79. The van der Waals surface area contributed by atoms with Gasteiger partial charge in [0, 0.05) is 34.7 Å². The molecule has 24 heavy (non-hydrogen) atoms. The van der Waals surface area contributed by atoms with Crippen LogP contribution in [-0.2, 0) is 0 Å². The molecule has 0 amide bonds. The van der Waals surface area contributed by atoms with Crippen LogP contribution in [0.4, 0.5) is 0 Å². The van der Waals surface area contributed by atoms with Crippen molar-refractivity contribution in [2.24, 2.45) is 9.98 Å². The van der Waals surface area contributed by atoms with Crippen molar-refractivity contribution in [2.75, 3.05) is 13.1 Å². The second-order valence-corrected chi connectivity index (χ2v) is 5.34. The van der Waals surface area contributed by atoms with Gasteiger partial charge in [-0.2, -0.15) is 0 Å². The summed E-state index contributed by atoms with van der Waals surface area (Å²) in [5.74, 6) is -0.0501. The highest BCUT2D eigenvalue weighted by Gasteiger charge is 2.06. The van der Waals surface area contributed by atoms with Gasteiger partial charge in [-0.05, 0) is 38.1 Å². The highest BCUT2D eigenvalue weighted by molar-refractivity contribution is 6.02. The van der Waals surface area contributed by atoms with E-state index in [-0.39, 0.29) is 23.0 Å². The van der Waals surface area contributed by atoms with E-state index in [2.05, 4.69) is 9.98 Å². The molecule has 6 heteroatoms. The fourth-order valence-electron chi connectivity index (χ4n) is 2.26. The van der Waals surface area contributed by atoms with E-state index in [4.69, 9.17) is 0 Å². The summed E-state index contributed by atoms with van der Waals surface area (Å²) in [4.78, 5) is 8.71. The first-order chi connectivity index (χ1) is 11.4. The summed E-state index contributed by atoms with van der Waals surface area (Å²) < 4.78 is 0. The van der Waals surface area contributed by atoms with E-state index in [1.807, 2.05) is 0 Å². The molecular formula is C18H20N2O4. The Morgan fingerprint density at radius 1 is 0.708 bits per heavy atom. The number of hydrogen-bond donors (Lipinski definition) is 4. The molecule has 2 aromatic carbocycles. The molecule has 0 spiro atoms. The number of aliphatic imine (C=N–C) groups is 2. The van der Waals surface area contributed by atoms with E-state index in [0.29, 0.717) is 35.6 Å². The summed E-state index contributed by atoms with van der Waals surface area (Å²) in [6, 6.07) is 8.72. The van der Waals surface area contributed by atoms with Crippen LogP contribution < -0.4 is 0 Å². The minimum atomic E-state index is -0.0232. The van der Waals surface area contributed by atoms with E-state index in [1.165, 1.54) is 24.3 Å². The number of hydrogen-bond acceptors (Lipinski definition) is 6. The van der Waals surface area contributed by atoms with E-state index in [9.17, 15) is 20.4 Å². The molecule has 0 aliphatic rings. The van der Waals surface area contributed by atoms with Gasteiger partial charge in [0.15, 0.2) is 0 Å². The predicted octanol–water partition coefficient (Wildman–Crippen LogP) is 2.83. The van der Waals surface area contributed by atoms with Crippen molar-refractivity contribution < 1.29 is 20.4 Å². The second kappa shape index (κ2) is 7.50. The van der Waals surface area contributed by atoms with Crippen molar-refractivity contribution in [1.82, 2.24) is 0 Å².